The maximum Gasteiger partial charge on any atom is 0.337 e. The zero-order chi connectivity index (χ0) is 25.7. The highest BCUT2D eigenvalue weighted by molar-refractivity contribution is 6.33. The number of piperidine rings is 1. The summed E-state index contributed by atoms with van der Waals surface area (Å²) >= 11 is 6.23. The molecular formula is C25H27ClN4O6. The van der Waals surface area contributed by atoms with Crippen LogP contribution in [-0.2, 0) is 16.1 Å². The van der Waals surface area contributed by atoms with Crippen molar-refractivity contribution in [1.82, 2.24) is 15.0 Å². The van der Waals surface area contributed by atoms with E-state index in [1.807, 2.05) is 6.07 Å². The van der Waals surface area contributed by atoms with Gasteiger partial charge in [-0.15, -0.1) is 0 Å². The van der Waals surface area contributed by atoms with Gasteiger partial charge in [0.25, 0.3) is 0 Å². The fourth-order valence-electron chi connectivity index (χ4n) is 4.12. The Bertz CT molecular complexity index is 1250. The summed E-state index contributed by atoms with van der Waals surface area (Å²) in [6, 6.07) is 10.0. The molecule has 36 heavy (non-hydrogen) atoms. The van der Waals surface area contributed by atoms with Gasteiger partial charge in [0.1, 0.15) is 0 Å². The number of nitrogens with one attached hydrogen (secondary N) is 1. The first kappa shape index (κ1) is 25.5. The van der Waals surface area contributed by atoms with Crippen LogP contribution in [0.25, 0.3) is 11.4 Å². The van der Waals surface area contributed by atoms with Crippen LogP contribution in [0.5, 0.6) is 11.5 Å². The molecule has 1 aromatic heterocycles. The molecule has 10 nitrogen and oxygen atoms in total. The molecule has 1 N–H and O–H groups in total. The number of esters is 1. The predicted molar refractivity (Wildman–Crippen MR) is 132 cm³/mol. The molecule has 1 fully saturated rings. The first-order valence-corrected chi connectivity index (χ1v) is 11.8. The highest BCUT2D eigenvalue weighted by atomic mass is 35.5. The number of halogens is 1. The van der Waals surface area contributed by atoms with Gasteiger partial charge in [-0.05, 0) is 55.8 Å². The maximum atomic E-state index is 13.0. The summed E-state index contributed by atoms with van der Waals surface area (Å²) in [4.78, 5) is 31.4. The van der Waals surface area contributed by atoms with E-state index in [9.17, 15) is 9.59 Å². The standard InChI is InChI=1S/C25H27ClN4O6/c1-33-20-9-7-15(12-21(20)34-2)23-28-22(36-29-23)14-30-10-4-5-17(13-30)24(31)27-19-11-16(25(32)35-3)6-8-18(19)26/h6-9,11-12,17H,4-5,10,13-14H2,1-3H3,(H,27,31). The molecule has 3 aromatic rings. The van der Waals surface area contributed by atoms with Crippen molar-refractivity contribution in [2.75, 3.05) is 39.7 Å². The number of nitrogens with zero attached hydrogens (tertiary/aromatic N) is 3. The van der Waals surface area contributed by atoms with Crippen molar-refractivity contribution in [3.63, 3.8) is 0 Å². The number of amides is 1. The lowest BCUT2D eigenvalue weighted by atomic mass is 9.97. The van der Waals surface area contributed by atoms with E-state index in [1.54, 1.807) is 38.5 Å². The van der Waals surface area contributed by atoms with Gasteiger partial charge in [-0.1, -0.05) is 16.8 Å². The summed E-state index contributed by atoms with van der Waals surface area (Å²) < 4.78 is 20.8. The number of carbonyl (C=O) groups excluding carboxylic acids is 2. The molecular weight excluding hydrogens is 488 g/mol. The molecule has 2 heterocycles. The second kappa shape index (κ2) is 11.4. The van der Waals surface area contributed by atoms with Gasteiger partial charge in [0, 0.05) is 12.1 Å². The van der Waals surface area contributed by atoms with E-state index in [2.05, 4.69) is 20.4 Å². The van der Waals surface area contributed by atoms with E-state index < -0.39 is 5.97 Å². The van der Waals surface area contributed by atoms with Gasteiger partial charge in [-0.25, -0.2) is 4.79 Å². The third-order valence-electron chi connectivity index (χ3n) is 5.99. The summed E-state index contributed by atoms with van der Waals surface area (Å²) in [5.41, 5.74) is 1.42. The second-order valence-electron chi connectivity index (χ2n) is 8.33. The van der Waals surface area contributed by atoms with Gasteiger partial charge < -0.3 is 24.1 Å². The zero-order valence-corrected chi connectivity index (χ0v) is 21.0. The number of methoxy groups -OCH3 is 3. The Kier molecular flexibility index (Phi) is 8.07. The van der Waals surface area contributed by atoms with Crippen molar-refractivity contribution in [2.24, 2.45) is 5.92 Å². The smallest absolute Gasteiger partial charge is 0.337 e. The molecule has 2 aromatic carbocycles. The molecule has 0 saturated carbocycles. The fourth-order valence-corrected chi connectivity index (χ4v) is 4.28. The number of hydrogen-bond donors (Lipinski definition) is 1. The van der Waals surface area contributed by atoms with E-state index >= 15 is 0 Å². The van der Waals surface area contributed by atoms with Crippen molar-refractivity contribution in [1.29, 1.82) is 0 Å². The first-order chi connectivity index (χ1) is 17.4. The molecule has 0 bridgehead atoms. The lowest BCUT2D eigenvalue weighted by Gasteiger charge is -2.31. The molecule has 1 aliphatic heterocycles. The summed E-state index contributed by atoms with van der Waals surface area (Å²) in [5, 5.41) is 7.29. The molecule has 0 aliphatic carbocycles. The number of benzene rings is 2. The number of likely N-dealkylation sites (tertiary alicyclic amines) is 1. The summed E-state index contributed by atoms with van der Waals surface area (Å²) in [7, 11) is 4.44. The molecule has 0 radical (unpaired) electrons. The Hall–Kier alpha value is -3.63. The van der Waals surface area contributed by atoms with Crippen molar-refractivity contribution < 1.29 is 28.3 Å². The molecule has 1 aliphatic rings. The average molecular weight is 515 g/mol. The van der Waals surface area contributed by atoms with E-state index in [0.29, 0.717) is 52.6 Å². The lowest BCUT2D eigenvalue weighted by Crippen LogP contribution is -2.40. The van der Waals surface area contributed by atoms with Gasteiger partial charge in [-0.3, -0.25) is 9.69 Å². The molecule has 11 heteroatoms. The van der Waals surface area contributed by atoms with Crippen LogP contribution >= 0.6 is 11.6 Å². The maximum absolute atomic E-state index is 13.0. The van der Waals surface area contributed by atoms with Crippen LogP contribution in [0.1, 0.15) is 29.1 Å². The monoisotopic (exact) mass is 514 g/mol. The number of rotatable bonds is 8. The minimum atomic E-state index is -0.502. The SMILES string of the molecule is COC(=O)c1ccc(Cl)c(NC(=O)C2CCCN(Cc3nc(-c4ccc(OC)c(OC)c4)no3)C2)c1. The molecule has 190 valence electrons. The number of carbonyl (C=O) groups is 2. The molecule has 1 amide bonds. The minimum absolute atomic E-state index is 0.167. The van der Waals surface area contributed by atoms with E-state index in [-0.39, 0.29) is 11.8 Å². The van der Waals surface area contributed by atoms with E-state index in [1.165, 1.54) is 13.2 Å². The average Bonchev–Trinajstić information content (AvgIpc) is 3.37. The van der Waals surface area contributed by atoms with Crippen LogP contribution < -0.4 is 14.8 Å². The van der Waals surface area contributed by atoms with E-state index in [0.717, 1.165) is 24.9 Å². The molecule has 1 saturated heterocycles. The van der Waals surface area contributed by atoms with Crippen molar-refractivity contribution in [2.45, 2.75) is 19.4 Å². The molecule has 4 rings (SSSR count). The Morgan fingerprint density at radius 3 is 2.69 bits per heavy atom. The molecule has 0 spiro atoms. The van der Waals surface area contributed by atoms with Crippen molar-refractivity contribution in [3.05, 3.63) is 52.9 Å². The lowest BCUT2D eigenvalue weighted by molar-refractivity contribution is -0.121. The Balaban J connectivity index is 1.39. The molecule has 1 unspecified atom stereocenters. The van der Waals surface area contributed by atoms with Gasteiger partial charge in [0.15, 0.2) is 11.5 Å². The third kappa shape index (κ3) is 5.77. The van der Waals surface area contributed by atoms with Crippen LogP contribution in [0, 0.1) is 5.92 Å². The van der Waals surface area contributed by atoms with E-state index in [4.69, 9.17) is 30.3 Å². The topological polar surface area (TPSA) is 116 Å². The van der Waals surface area contributed by atoms with Gasteiger partial charge in [0.05, 0.1) is 50.1 Å². The summed E-state index contributed by atoms with van der Waals surface area (Å²) in [5.74, 6) is 1.15. The second-order valence-corrected chi connectivity index (χ2v) is 8.74. The van der Waals surface area contributed by atoms with Crippen LogP contribution in [0.3, 0.4) is 0 Å². The Labute approximate surface area is 213 Å². The summed E-state index contributed by atoms with van der Waals surface area (Å²) in [6.07, 6.45) is 1.57. The number of ether oxygens (including phenoxy) is 3. The number of anilines is 1. The number of hydrogen-bond acceptors (Lipinski definition) is 9. The summed E-state index contributed by atoms with van der Waals surface area (Å²) in [6.45, 7) is 1.74. The Morgan fingerprint density at radius 2 is 1.94 bits per heavy atom. The first-order valence-electron chi connectivity index (χ1n) is 11.4. The largest absolute Gasteiger partial charge is 0.493 e. The third-order valence-corrected chi connectivity index (χ3v) is 6.32. The predicted octanol–water partition coefficient (Wildman–Crippen LogP) is 4.04. The molecule has 1 atom stereocenters. The fraction of sp³-hybridized carbons (Fsp3) is 0.360. The van der Waals surface area contributed by atoms with Crippen LogP contribution in [-0.4, -0.2) is 61.3 Å². The highest BCUT2D eigenvalue weighted by Gasteiger charge is 2.27. The van der Waals surface area contributed by atoms with Crippen LogP contribution in [0.4, 0.5) is 5.69 Å². The van der Waals surface area contributed by atoms with Crippen molar-refractivity contribution >= 4 is 29.2 Å². The number of aromatic nitrogens is 2. The normalized spacial score (nSPS) is 15.8. The minimum Gasteiger partial charge on any atom is -0.493 e. The van der Waals surface area contributed by atoms with Gasteiger partial charge in [0.2, 0.25) is 17.6 Å². The zero-order valence-electron chi connectivity index (χ0n) is 20.2. The van der Waals surface area contributed by atoms with Crippen molar-refractivity contribution in [3.8, 4) is 22.9 Å². The Morgan fingerprint density at radius 1 is 1.14 bits per heavy atom. The van der Waals surface area contributed by atoms with Crippen LogP contribution in [0.2, 0.25) is 5.02 Å². The van der Waals surface area contributed by atoms with Crippen LogP contribution in [0.15, 0.2) is 40.9 Å². The van der Waals surface area contributed by atoms with Gasteiger partial charge in [-0.2, -0.15) is 4.98 Å². The van der Waals surface area contributed by atoms with Gasteiger partial charge >= 0.3 is 5.97 Å². The quantitative estimate of drug-likeness (QED) is 0.444. The highest BCUT2D eigenvalue weighted by Crippen LogP contribution is 2.31.